The Bertz CT molecular complexity index is 1040. The fraction of sp³-hybridized carbons (Fsp3) is 0.440. The van der Waals surface area contributed by atoms with Crippen LogP contribution in [-0.2, 0) is 16.0 Å². The Morgan fingerprint density at radius 3 is 2.71 bits per heavy atom. The van der Waals surface area contributed by atoms with Crippen molar-refractivity contribution in [2.45, 2.75) is 56.5 Å². The van der Waals surface area contributed by atoms with Crippen molar-refractivity contribution in [3.05, 3.63) is 70.4 Å². The molecule has 0 unspecified atom stereocenters. The van der Waals surface area contributed by atoms with Gasteiger partial charge in [0.2, 0.25) is 0 Å². The second-order valence-corrected chi connectivity index (χ2v) is 9.19. The molecule has 1 aromatic heterocycles. The Labute approximate surface area is 187 Å². The van der Waals surface area contributed by atoms with Crippen molar-refractivity contribution in [1.82, 2.24) is 10.0 Å². The summed E-state index contributed by atoms with van der Waals surface area (Å²) in [6, 6.07) is 15.0. The van der Waals surface area contributed by atoms with Gasteiger partial charge in [-0.1, -0.05) is 41.9 Å². The van der Waals surface area contributed by atoms with E-state index in [1.54, 1.807) is 7.11 Å². The monoisotopic (exact) mass is 440 g/mol. The first-order valence-corrected chi connectivity index (χ1v) is 11.5. The van der Waals surface area contributed by atoms with Gasteiger partial charge in [0.25, 0.3) is 0 Å². The molecule has 5 rings (SSSR count). The van der Waals surface area contributed by atoms with Gasteiger partial charge in [-0.05, 0) is 54.0 Å². The van der Waals surface area contributed by atoms with Crippen molar-refractivity contribution in [1.29, 1.82) is 0 Å². The van der Waals surface area contributed by atoms with Gasteiger partial charge in [0.1, 0.15) is 6.23 Å². The molecule has 3 aromatic rings. The number of aliphatic hydroxyl groups is 1. The molecule has 2 N–H and O–H groups in total. The number of halogens is 1. The van der Waals surface area contributed by atoms with Gasteiger partial charge in [-0.3, -0.25) is 0 Å². The Kier molecular flexibility index (Phi) is 6.04. The van der Waals surface area contributed by atoms with Crippen LogP contribution in [-0.4, -0.2) is 35.5 Å². The number of hydroxylamine groups is 1. The lowest BCUT2D eigenvalue weighted by molar-refractivity contribution is -0.134. The summed E-state index contributed by atoms with van der Waals surface area (Å²) < 4.78 is 8.46. The third kappa shape index (κ3) is 4.52. The molecule has 0 radical (unpaired) electrons. The van der Waals surface area contributed by atoms with E-state index in [-0.39, 0.29) is 12.3 Å². The van der Waals surface area contributed by atoms with Gasteiger partial charge in [-0.25, -0.2) is 5.48 Å². The van der Waals surface area contributed by atoms with Crippen molar-refractivity contribution < 1.29 is 14.7 Å². The van der Waals surface area contributed by atoms with Crippen LogP contribution in [0.5, 0.6) is 0 Å². The van der Waals surface area contributed by atoms with Crippen LogP contribution >= 0.6 is 11.6 Å². The smallest absolute Gasteiger partial charge is 0.136 e. The van der Waals surface area contributed by atoms with E-state index < -0.39 is 6.10 Å². The number of rotatable bonds is 7. The number of benzene rings is 2. The second kappa shape index (κ2) is 8.93. The van der Waals surface area contributed by atoms with Gasteiger partial charge in [0, 0.05) is 31.0 Å². The van der Waals surface area contributed by atoms with Crippen molar-refractivity contribution >= 4 is 22.5 Å². The number of hydrogen-bond donors (Lipinski definition) is 2. The fourth-order valence-electron chi connectivity index (χ4n) is 4.72. The Balaban J connectivity index is 1.45. The number of fused-ring (bicyclic) bond motifs is 1. The summed E-state index contributed by atoms with van der Waals surface area (Å²) in [6.07, 6.45) is 5.94. The van der Waals surface area contributed by atoms with Crippen molar-refractivity contribution in [3.63, 3.8) is 0 Å². The molecule has 0 amide bonds. The minimum absolute atomic E-state index is 0.122. The van der Waals surface area contributed by atoms with E-state index in [0.29, 0.717) is 19.4 Å². The minimum Gasteiger partial charge on any atom is -0.393 e. The molecule has 1 aliphatic carbocycles. The summed E-state index contributed by atoms with van der Waals surface area (Å²) in [7, 11) is 1.58. The predicted molar refractivity (Wildman–Crippen MR) is 122 cm³/mol. The summed E-state index contributed by atoms with van der Waals surface area (Å²) in [4.78, 5) is 4.97. The molecule has 164 valence electrons. The highest BCUT2D eigenvalue weighted by Crippen LogP contribution is 2.40. The number of ether oxygens (including phenoxy) is 1. The first kappa shape index (κ1) is 21.0. The maximum Gasteiger partial charge on any atom is 0.136 e. The van der Waals surface area contributed by atoms with Crippen LogP contribution in [0.1, 0.15) is 54.5 Å². The third-order valence-electron chi connectivity index (χ3n) is 6.43. The number of aromatic nitrogens is 1. The average Bonchev–Trinajstić information content (AvgIpc) is 3.55. The van der Waals surface area contributed by atoms with Crippen LogP contribution in [0.3, 0.4) is 0 Å². The van der Waals surface area contributed by atoms with Crippen LogP contribution in [0.25, 0.3) is 10.9 Å². The van der Waals surface area contributed by atoms with Gasteiger partial charge in [0.15, 0.2) is 0 Å². The second-order valence-electron chi connectivity index (χ2n) is 8.78. The molecule has 2 aromatic carbocycles. The normalized spacial score (nSPS) is 24.0. The highest BCUT2D eigenvalue weighted by Gasteiger charge is 2.31. The highest BCUT2D eigenvalue weighted by atomic mass is 35.5. The predicted octanol–water partition coefficient (Wildman–Crippen LogP) is 4.95. The molecule has 5 nitrogen and oxygen atoms in total. The first-order chi connectivity index (χ1) is 15.1. The zero-order chi connectivity index (χ0) is 21.4. The lowest BCUT2D eigenvalue weighted by Crippen LogP contribution is -2.39. The first-order valence-electron chi connectivity index (χ1n) is 11.1. The maximum absolute atomic E-state index is 10.5. The van der Waals surface area contributed by atoms with Gasteiger partial charge in [-0.2, -0.15) is 0 Å². The number of hydrogen-bond acceptors (Lipinski definition) is 4. The molecular weight excluding hydrogens is 412 g/mol. The topological polar surface area (TPSA) is 55.6 Å². The van der Waals surface area contributed by atoms with Crippen LogP contribution in [0, 0.1) is 0 Å². The molecule has 2 heterocycles. The lowest BCUT2D eigenvalue weighted by Gasteiger charge is -2.34. The fourth-order valence-corrected chi connectivity index (χ4v) is 5.01. The summed E-state index contributed by atoms with van der Waals surface area (Å²) in [5.74, 6) is 0.765. The standard InChI is InChI=1S/C25H29ClN2O3/c1-30-27-14-21-12-20(29)13-24(31-21)28-15-19(25-22(26)3-2-4-23(25)28)11-16-5-7-17(8-6-16)18-9-10-18/h2-8,15,18,20-21,24,27,29H,9-14H2,1H3/t20-,21-,24+/m0/s1. The zero-order valence-electron chi connectivity index (χ0n) is 17.8. The van der Waals surface area contributed by atoms with E-state index in [2.05, 4.69) is 46.6 Å². The SMILES string of the molecule is CONC[C@@H]1C[C@H](O)C[C@H](n2cc(Cc3ccc(C4CC4)cc3)c3c(Cl)cccc32)O1. The molecule has 1 saturated heterocycles. The molecule has 0 spiro atoms. The number of aliphatic hydroxyl groups excluding tert-OH is 1. The lowest BCUT2D eigenvalue weighted by atomic mass is 10.0. The van der Waals surface area contributed by atoms with Crippen molar-refractivity contribution in [2.24, 2.45) is 0 Å². The van der Waals surface area contributed by atoms with Crippen LogP contribution in [0.2, 0.25) is 5.02 Å². The van der Waals surface area contributed by atoms with E-state index in [1.165, 1.54) is 29.5 Å². The molecule has 6 heteroatoms. The van der Waals surface area contributed by atoms with E-state index in [1.807, 2.05) is 12.1 Å². The summed E-state index contributed by atoms with van der Waals surface area (Å²) in [5.41, 5.74) is 7.78. The molecular formula is C25H29ClN2O3. The number of nitrogens with zero attached hydrogens (tertiary/aromatic N) is 1. The Morgan fingerprint density at radius 2 is 1.97 bits per heavy atom. The molecule has 31 heavy (non-hydrogen) atoms. The molecule has 2 aliphatic rings. The van der Waals surface area contributed by atoms with E-state index in [4.69, 9.17) is 21.2 Å². The minimum atomic E-state index is -0.419. The van der Waals surface area contributed by atoms with Gasteiger partial charge in [0.05, 0.1) is 29.9 Å². The third-order valence-corrected chi connectivity index (χ3v) is 6.75. The van der Waals surface area contributed by atoms with E-state index in [0.717, 1.165) is 28.3 Å². The summed E-state index contributed by atoms with van der Waals surface area (Å²) in [5, 5.41) is 12.3. The average molecular weight is 441 g/mol. The maximum atomic E-state index is 10.5. The molecule has 1 saturated carbocycles. The largest absolute Gasteiger partial charge is 0.393 e. The van der Waals surface area contributed by atoms with Crippen molar-refractivity contribution in [3.8, 4) is 0 Å². The highest BCUT2D eigenvalue weighted by molar-refractivity contribution is 6.35. The van der Waals surface area contributed by atoms with E-state index in [9.17, 15) is 5.11 Å². The van der Waals surface area contributed by atoms with Gasteiger partial charge < -0.3 is 19.2 Å². The zero-order valence-corrected chi connectivity index (χ0v) is 18.5. The van der Waals surface area contributed by atoms with E-state index >= 15 is 0 Å². The van der Waals surface area contributed by atoms with Crippen LogP contribution < -0.4 is 5.48 Å². The summed E-state index contributed by atoms with van der Waals surface area (Å²) >= 11 is 6.65. The molecule has 3 atom stereocenters. The van der Waals surface area contributed by atoms with Crippen LogP contribution in [0.4, 0.5) is 0 Å². The Morgan fingerprint density at radius 1 is 1.16 bits per heavy atom. The quantitative estimate of drug-likeness (QED) is 0.510. The molecule has 0 bridgehead atoms. The van der Waals surface area contributed by atoms with Crippen molar-refractivity contribution in [2.75, 3.05) is 13.7 Å². The van der Waals surface area contributed by atoms with Crippen LogP contribution in [0.15, 0.2) is 48.7 Å². The number of nitrogens with one attached hydrogen (secondary N) is 1. The Hall–Kier alpha value is -1.89. The molecule has 2 fully saturated rings. The molecule has 1 aliphatic heterocycles. The summed E-state index contributed by atoms with van der Waals surface area (Å²) in [6.45, 7) is 0.532. The van der Waals surface area contributed by atoms with Gasteiger partial charge >= 0.3 is 0 Å². The van der Waals surface area contributed by atoms with Gasteiger partial charge in [-0.15, -0.1) is 0 Å².